The van der Waals surface area contributed by atoms with Gasteiger partial charge in [0.05, 0.1) is 10.6 Å². The van der Waals surface area contributed by atoms with E-state index < -0.39 is 29.9 Å². The van der Waals surface area contributed by atoms with Crippen LogP contribution < -0.4 is 10.6 Å². The highest BCUT2D eigenvalue weighted by atomic mass is 35.5. The Morgan fingerprint density at radius 2 is 1.53 bits per heavy atom. The Labute approximate surface area is 189 Å². The fourth-order valence-corrected chi connectivity index (χ4v) is 3.28. The van der Waals surface area contributed by atoms with Crippen LogP contribution in [0.3, 0.4) is 0 Å². The zero-order valence-corrected chi connectivity index (χ0v) is 18.8. The summed E-state index contributed by atoms with van der Waals surface area (Å²) in [6.45, 7) is 4.92. The minimum Gasteiger partial charge on any atom is -0.451 e. The number of amides is 2. The monoisotopic (exact) mass is 470 g/mol. The standard InChI is InChI=1S/C21H21Cl3N2O4/c1-11(2)18(26-20(28)16-6-4-5-7-17(16)24)21(29)30-12(3)19(27)25-15-9-13(22)8-14(23)10-15/h4-12,18H,1-3H3,(H,25,27)(H,26,28)/t12?,18-/m0/s1. The van der Waals surface area contributed by atoms with Crippen LogP contribution in [0.4, 0.5) is 5.69 Å². The molecule has 0 bridgehead atoms. The number of rotatable bonds is 7. The second-order valence-corrected chi connectivity index (χ2v) is 8.18. The molecule has 2 atom stereocenters. The highest BCUT2D eigenvalue weighted by molar-refractivity contribution is 6.35. The molecule has 30 heavy (non-hydrogen) atoms. The minimum absolute atomic E-state index is 0.237. The zero-order chi connectivity index (χ0) is 22.4. The molecule has 0 saturated heterocycles. The Bertz CT molecular complexity index is 929. The van der Waals surface area contributed by atoms with Crippen molar-refractivity contribution >= 4 is 58.3 Å². The molecular weight excluding hydrogens is 451 g/mol. The smallest absolute Gasteiger partial charge is 0.329 e. The van der Waals surface area contributed by atoms with Gasteiger partial charge < -0.3 is 15.4 Å². The number of carbonyl (C=O) groups is 3. The summed E-state index contributed by atoms with van der Waals surface area (Å²) in [5.74, 6) is -2.10. The van der Waals surface area contributed by atoms with Crippen molar-refractivity contribution in [2.75, 3.05) is 5.32 Å². The number of halogens is 3. The van der Waals surface area contributed by atoms with Crippen molar-refractivity contribution in [3.8, 4) is 0 Å². The van der Waals surface area contributed by atoms with E-state index in [-0.39, 0.29) is 16.5 Å². The second-order valence-electron chi connectivity index (χ2n) is 6.90. The van der Waals surface area contributed by atoms with Gasteiger partial charge in [0.1, 0.15) is 6.04 Å². The molecule has 2 aromatic carbocycles. The van der Waals surface area contributed by atoms with E-state index in [1.807, 2.05) is 0 Å². The summed E-state index contributed by atoms with van der Waals surface area (Å²) in [6, 6.07) is 10.1. The van der Waals surface area contributed by atoms with Gasteiger partial charge in [0.2, 0.25) is 0 Å². The molecule has 9 heteroatoms. The lowest BCUT2D eigenvalue weighted by molar-refractivity contribution is -0.156. The maximum atomic E-state index is 12.6. The normalized spacial score (nSPS) is 12.8. The van der Waals surface area contributed by atoms with Crippen LogP contribution in [0.2, 0.25) is 15.1 Å². The molecule has 0 aliphatic rings. The average Bonchev–Trinajstić information content (AvgIpc) is 2.64. The molecule has 6 nitrogen and oxygen atoms in total. The number of carbonyl (C=O) groups excluding carboxylic acids is 3. The maximum Gasteiger partial charge on any atom is 0.329 e. The lowest BCUT2D eigenvalue weighted by Gasteiger charge is -2.23. The van der Waals surface area contributed by atoms with Gasteiger partial charge in [-0.05, 0) is 43.2 Å². The summed E-state index contributed by atoms with van der Waals surface area (Å²) in [4.78, 5) is 37.5. The lowest BCUT2D eigenvalue weighted by atomic mass is 10.0. The van der Waals surface area contributed by atoms with Crippen molar-refractivity contribution in [1.82, 2.24) is 5.32 Å². The Morgan fingerprint density at radius 1 is 0.933 bits per heavy atom. The van der Waals surface area contributed by atoms with E-state index in [2.05, 4.69) is 10.6 Å². The van der Waals surface area contributed by atoms with Crippen LogP contribution in [-0.4, -0.2) is 29.9 Å². The maximum absolute atomic E-state index is 12.6. The molecule has 2 aromatic rings. The molecule has 2 rings (SSSR count). The second kappa shape index (κ2) is 10.7. The van der Waals surface area contributed by atoms with Gasteiger partial charge in [-0.1, -0.05) is 60.8 Å². The summed E-state index contributed by atoms with van der Waals surface area (Å²) >= 11 is 17.9. The van der Waals surface area contributed by atoms with E-state index >= 15 is 0 Å². The number of nitrogens with one attached hydrogen (secondary N) is 2. The summed E-state index contributed by atoms with van der Waals surface area (Å²) in [5, 5.41) is 6.16. The third-order valence-electron chi connectivity index (χ3n) is 4.12. The molecule has 0 spiro atoms. The first-order chi connectivity index (χ1) is 14.1. The number of benzene rings is 2. The van der Waals surface area contributed by atoms with E-state index in [9.17, 15) is 14.4 Å². The number of hydrogen-bond acceptors (Lipinski definition) is 4. The highest BCUT2D eigenvalue weighted by Crippen LogP contribution is 2.23. The van der Waals surface area contributed by atoms with Gasteiger partial charge in [0, 0.05) is 15.7 Å². The first-order valence-corrected chi connectivity index (χ1v) is 10.2. The van der Waals surface area contributed by atoms with Gasteiger partial charge in [-0.3, -0.25) is 9.59 Å². The van der Waals surface area contributed by atoms with Crippen LogP contribution >= 0.6 is 34.8 Å². The molecule has 2 amide bonds. The molecule has 0 fully saturated rings. The van der Waals surface area contributed by atoms with Gasteiger partial charge >= 0.3 is 5.97 Å². The zero-order valence-electron chi connectivity index (χ0n) is 16.5. The Kier molecular flexibility index (Phi) is 8.53. The van der Waals surface area contributed by atoms with Crippen LogP contribution in [-0.2, 0) is 14.3 Å². The van der Waals surface area contributed by atoms with Crippen LogP contribution in [0, 0.1) is 5.92 Å². The van der Waals surface area contributed by atoms with Crippen LogP contribution in [0.1, 0.15) is 31.1 Å². The third kappa shape index (κ3) is 6.62. The highest BCUT2D eigenvalue weighted by Gasteiger charge is 2.29. The van der Waals surface area contributed by atoms with Crippen molar-refractivity contribution in [3.63, 3.8) is 0 Å². The van der Waals surface area contributed by atoms with Crippen molar-refractivity contribution in [2.24, 2.45) is 5.92 Å². The van der Waals surface area contributed by atoms with E-state index in [0.29, 0.717) is 15.7 Å². The predicted molar refractivity (Wildman–Crippen MR) is 118 cm³/mol. The summed E-state index contributed by atoms with van der Waals surface area (Å²) in [7, 11) is 0. The molecule has 1 unspecified atom stereocenters. The van der Waals surface area contributed by atoms with Crippen LogP contribution in [0.15, 0.2) is 42.5 Å². The molecule has 0 radical (unpaired) electrons. The largest absolute Gasteiger partial charge is 0.451 e. The number of anilines is 1. The molecule has 160 valence electrons. The Balaban J connectivity index is 2.03. The van der Waals surface area contributed by atoms with Crippen molar-refractivity contribution in [1.29, 1.82) is 0 Å². The van der Waals surface area contributed by atoms with E-state index in [4.69, 9.17) is 39.5 Å². The SMILES string of the molecule is CC(OC(=O)[C@@H](NC(=O)c1ccccc1Cl)C(C)C)C(=O)Nc1cc(Cl)cc(Cl)c1. The molecular formula is C21H21Cl3N2O4. The Morgan fingerprint density at radius 3 is 2.10 bits per heavy atom. The number of hydrogen-bond donors (Lipinski definition) is 2. The first-order valence-electron chi connectivity index (χ1n) is 9.11. The first kappa shape index (κ1) is 24.0. The van der Waals surface area contributed by atoms with Crippen molar-refractivity contribution < 1.29 is 19.1 Å². The average molecular weight is 472 g/mol. The fraction of sp³-hybridized carbons (Fsp3) is 0.286. The molecule has 0 aliphatic heterocycles. The predicted octanol–water partition coefficient (Wildman–Crippen LogP) is 4.97. The molecule has 2 N–H and O–H groups in total. The van der Waals surface area contributed by atoms with Crippen LogP contribution in [0.5, 0.6) is 0 Å². The summed E-state index contributed by atoms with van der Waals surface area (Å²) in [5.41, 5.74) is 0.606. The minimum atomic E-state index is -1.12. The molecule has 0 aromatic heterocycles. The summed E-state index contributed by atoms with van der Waals surface area (Å²) in [6.07, 6.45) is -1.12. The Hall–Kier alpha value is -2.28. The lowest BCUT2D eigenvalue weighted by Crippen LogP contribution is -2.47. The van der Waals surface area contributed by atoms with Crippen molar-refractivity contribution in [2.45, 2.75) is 32.9 Å². The molecule has 0 aliphatic carbocycles. The number of esters is 1. The number of ether oxygens (including phenoxy) is 1. The third-order valence-corrected chi connectivity index (χ3v) is 4.88. The quantitative estimate of drug-likeness (QED) is 0.558. The van der Waals surface area contributed by atoms with Gasteiger partial charge in [-0.15, -0.1) is 0 Å². The fourth-order valence-electron chi connectivity index (χ4n) is 2.53. The van der Waals surface area contributed by atoms with Gasteiger partial charge in [-0.2, -0.15) is 0 Å². The van der Waals surface area contributed by atoms with Gasteiger partial charge in [-0.25, -0.2) is 4.79 Å². The molecule has 0 saturated carbocycles. The van der Waals surface area contributed by atoms with Crippen LogP contribution in [0.25, 0.3) is 0 Å². The van der Waals surface area contributed by atoms with E-state index in [0.717, 1.165) is 0 Å². The van der Waals surface area contributed by atoms with E-state index in [1.165, 1.54) is 25.1 Å². The van der Waals surface area contributed by atoms with Crippen molar-refractivity contribution in [3.05, 3.63) is 63.1 Å². The van der Waals surface area contributed by atoms with Gasteiger partial charge in [0.15, 0.2) is 6.10 Å². The topological polar surface area (TPSA) is 84.5 Å². The van der Waals surface area contributed by atoms with E-state index in [1.54, 1.807) is 38.1 Å². The summed E-state index contributed by atoms with van der Waals surface area (Å²) < 4.78 is 5.27. The molecule has 0 heterocycles. The van der Waals surface area contributed by atoms with Gasteiger partial charge in [0.25, 0.3) is 11.8 Å².